The summed E-state index contributed by atoms with van der Waals surface area (Å²) in [6.07, 6.45) is 0. The van der Waals surface area contributed by atoms with E-state index in [1.807, 2.05) is 25.1 Å². The SMILES string of the molecule is Cc1ccc(C(=O)Nc2ccc(N3CCOCC3)cc2C(=O)O)cc1. The summed E-state index contributed by atoms with van der Waals surface area (Å²) >= 11 is 0. The second-order valence-electron chi connectivity index (χ2n) is 5.95. The van der Waals surface area contributed by atoms with E-state index in [0.717, 1.165) is 11.3 Å². The minimum atomic E-state index is -1.07. The van der Waals surface area contributed by atoms with Crippen molar-refractivity contribution in [3.05, 3.63) is 59.2 Å². The number of aromatic carboxylic acids is 1. The molecule has 6 nitrogen and oxygen atoms in total. The zero-order chi connectivity index (χ0) is 17.8. The molecule has 1 aliphatic heterocycles. The number of carbonyl (C=O) groups is 2. The number of nitrogens with one attached hydrogen (secondary N) is 1. The van der Waals surface area contributed by atoms with Crippen molar-refractivity contribution >= 4 is 23.3 Å². The molecule has 3 rings (SSSR count). The summed E-state index contributed by atoms with van der Waals surface area (Å²) in [5.41, 5.74) is 2.71. The van der Waals surface area contributed by atoms with Crippen LogP contribution in [0.15, 0.2) is 42.5 Å². The van der Waals surface area contributed by atoms with Crippen LogP contribution >= 0.6 is 0 Å². The molecular weight excluding hydrogens is 320 g/mol. The molecule has 1 heterocycles. The summed E-state index contributed by atoms with van der Waals surface area (Å²) in [5.74, 6) is -1.41. The Morgan fingerprint density at radius 2 is 1.76 bits per heavy atom. The van der Waals surface area contributed by atoms with Gasteiger partial charge in [0, 0.05) is 24.3 Å². The standard InChI is InChI=1S/C19H20N2O4/c1-13-2-4-14(5-3-13)18(22)20-17-7-6-15(12-16(17)19(23)24)21-8-10-25-11-9-21/h2-7,12H,8-11H2,1H3,(H,20,22)(H,23,24). The van der Waals surface area contributed by atoms with E-state index in [0.29, 0.717) is 31.9 Å². The molecule has 6 heteroatoms. The number of amides is 1. The number of rotatable bonds is 4. The van der Waals surface area contributed by atoms with Gasteiger partial charge in [0.15, 0.2) is 0 Å². The number of carboxylic acids is 1. The number of ether oxygens (including phenoxy) is 1. The predicted octanol–water partition coefficient (Wildman–Crippen LogP) is 2.78. The van der Waals surface area contributed by atoms with Crippen LogP contribution in [0.3, 0.4) is 0 Å². The van der Waals surface area contributed by atoms with Crippen molar-refractivity contribution < 1.29 is 19.4 Å². The topological polar surface area (TPSA) is 78.9 Å². The molecule has 1 saturated heterocycles. The molecule has 0 unspecified atom stereocenters. The lowest BCUT2D eigenvalue weighted by molar-refractivity contribution is 0.0698. The highest BCUT2D eigenvalue weighted by atomic mass is 16.5. The zero-order valence-electron chi connectivity index (χ0n) is 14.0. The third kappa shape index (κ3) is 3.97. The van der Waals surface area contributed by atoms with E-state index in [4.69, 9.17) is 4.74 Å². The summed E-state index contributed by atoms with van der Waals surface area (Å²) in [6, 6.07) is 12.2. The highest BCUT2D eigenvalue weighted by molar-refractivity contribution is 6.08. The fraction of sp³-hybridized carbons (Fsp3) is 0.263. The molecule has 25 heavy (non-hydrogen) atoms. The molecule has 0 saturated carbocycles. The molecule has 0 bridgehead atoms. The number of nitrogens with zero attached hydrogens (tertiary/aromatic N) is 1. The van der Waals surface area contributed by atoms with E-state index in [9.17, 15) is 14.7 Å². The average molecular weight is 340 g/mol. The normalized spacial score (nSPS) is 14.2. The van der Waals surface area contributed by atoms with Gasteiger partial charge in [-0.15, -0.1) is 0 Å². The average Bonchev–Trinajstić information content (AvgIpc) is 2.63. The van der Waals surface area contributed by atoms with Crippen LogP contribution in [-0.4, -0.2) is 43.3 Å². The molecule has 130 valence electrons. The molecule has 2 N–H and O–H groups in total. The van der Waals surface area contributed by atoms with Gasteiger partial charge in [0.25, 0.3) is 5.91 Å². The number of benzene rings is 2. The van der Waals surface area contributed by atoms with E-state index in [1.54, 1.807) is 24.3 Å². The molecule has 0 atom stereocenters. The number of aryl methyl sites for hydroxylation is 1. The Hall–Kier alpha value is -2.86. The van der Waals surface area contributed by atoms with E-state index < -0.39 is 5.97 Å². The number of anilines is 2. The van der Waals surface area contributed by atoms with Crippen molar-refractivity contribution in [2.75, 3.05) is 36.5 Å². The molecule has 0 aliphatic carbocycles. The lowest BCUT2D eigenvalue weighted by Crippen LogP contribution is -2.36. The summed E-state index contributed by atoms with van der Waals surface area (Å²) in [5, 5.41) is 12.2. The van der Waals surface area contributed by atoms with Gasteiger partial charge in [-0.3, -0.25) is 4.79 Å². The summed E-state index contributed by atoms with van der Waals surface area (Å²) in [4.78, 5) is 26.1. The molecule has 2 aromatic carbocycles. The Labute approximate surface area is 146 Å². The number of morpholine rings is 1. The Bertz CT molecular complexity index is 781. The van der Waals surface area contributed by atoms with E-state index in [2.05, 4.69) is 10.2 Å². The maximum absolute atomic E-state index is 12.4. The first-order valence-electron chi connectivity index (χ1n) is 8.12. The molecule has 0 aromatic heterocycles. The maximum atomic E-state index is 12.4. The van der Waals surface area contributed by atoms with Crippen molar-refractivity contribution in [3.8, 4) is 0 Å². The van der Waals surface area contributed by atoms with Gasteiger partial charge in [0.05, 0.1) is 24.5 Å². The Balaban J connectivity index is 1.83. The minimum Gasteiger partial charge on any atom is -0.478 e. The van der Waals surface area contributed by atoms with Gasteiger partial charge >= 0.3 is 5.97 Å². The van der Waals surface area contributed by atoms with Crippen molar-refractivity contribution in [3.63, 3.8) is 0 Å². The van der Waals surface area contributed by atoms with Crippen LogP contribution < -0.4 is 10.2 Å². The predicted molar refractivity (Wildman–Crippen MR) is 95.6 cm³/mol. The van der Waals surface area contributed by atoms with Gasteiger partial charge in [-0.1, -0.05) is 17.7 Å². The Kier molecular flexibility index (Phi) is 5.00. The third-order valence-corrected chi connectivity index (χ3v) is 4.17. The van der Waals surface area contributed by atoms with Crippen molar-refractivity contribution in [2.45, 2.75) is 6.92 Å². The lowest BCUT2D eigenvalue weighted by Gasteiger charge is -2.29. The summed E-state index contributed by atoms with van der Waals surface area (Å²) in [6.45, 7) is 4.61. The van der Waals surface area contributed by atoms with Gasteiger partial charge in [-0.25, -0.2) is 4.79 Å². The van der Waals surface area contributed by atoms with Crippen LogP contribution in [0.1, 0.15) is 26.3 Å². The third-order valence-electron chi connectivity index (χ3n) is 4.17. The molecule has 0 radical (unpaired) electrons. The quantitative estimate of drug-likeness (QED) is 0.895. The van der Waals surface area contributed by atoms with Gasteiger partial charge in [0.1, 0.15) is 0 Å². The van der Waals surface area contributed by atoms with Gasteiger partial charge in [-0.2, -0.15) is 0 Å². The summed E-state index contributed by atoms with van der Waals surface area (Å²) < 4.78 is 5.32. The first-order chi connectivity index (χ1) is 12.0. The zero-order valence-corrected chi connectivity index (χ0v) is 14.0. The maximum Gasteiger partial charge on any atom is 0.337 e. The van der Waals surface area contributed by atoms with Crippen LogP contribution in [0.5, 0.6) is 0 Å². The molecule has 1 fully saturated rings. The second-order valence-corrected chi connectivity index (χ2v) is 5.95. The first-order valence-corrected chi connectivity index (χ1v) is 8.12. The smallest absolute Gasteiger partial charge is 0.337 e. The molecular formula is C19H20N2O4. The Morgan fingerprint density at radius 1 is 1.08 bits per heavy atom. The summed E-state index contributed by atoms with van der Waals surface area (Å²) in [7, 11) is 0. The van der Waals surface area contributed by atoms with Crippen molar-refractivity contribution in [2.24, 2.45) is 0 Å². The van der Waals surface area contributed by atoms with E-state index in [1.165, 1.54) is 0 Å². The first kappa shape index (κ1) is 17.0. The fourth-order valence-electron chi connectivity index (χ4n) is 2.74. The highest BCUT2D eigenvalue weighted by Gasteiger charge is 2.18. The van der Waals surface area contributed by atoms with Crippen molar-refractivity contribution in [1.29, 1.82) is 0 Å². The van der Waals surface area contributed by atoms with Crippen LogP contribution in [0, 0.1) is 6.92 Å². The Morgan fingerprint density at radius 3 is 2.40 bits per heavy atom. The van der Waals surface area contributed by atoms with E-state index in [-0.39, 0.29) is 17.2 Å². The van der Waals surface area contributed by atoms with Gasteiger partial charge in [0.2, 0.25) is 0 Å². The molecule has 1 aliphatic rings. The van der Waals surface area contributed by atoms with Crippen LogP contribution in [0.25, 0.3) is 0 Å². The van der Waals surface area contributed by atoms with Gasteiger partial charge < -0.3 is 20.1 Å². The highest BCUT2D eigenvalue weighted by Crippen LogP contribution is 2.25. The van der Waals surface area contributed by atoms with Crippen LogP contribution in [0.4, 0.5) is 11.4 Å². The number of hydrogen-bond donors (Lipinski definition) is 2. The molecule has 1 amide bonds. The molecule has 2 aromatic rings. The fourth-order valence-corrected chi connectivity index (χ4v) is 2.74. The van der Waals surface area contributed by atoms with Crippen molar-refractivity contribution in [1.82, 2.24) is 0 Å². The number of carboxylic acid groups (broad SMARTS) is 1. The number of hydrogen-bond acceptors (Lipinski definition) is 4. The van der Waals surface area contributed by atoms with Crippen LogP contribution in [-0.2, 0) is 4.74 Å². The lowest BCUT2D eigenvalue weighted by atomic mass is 10.1. The van der Waals surface area contributed by atoms with E-state index >= 15 is 0 Å². The number of carbonyl (C=O) groups excluding carboxylic acids is 1. The second kappa shape index (κ2) is 7.36. The largest absolute Gasteiger partial charge is 0.478 e. The monoisotopic (exact) mass is 340 g/mol. The molecule has 0 spiro atoms. The van der Waals surface area contributed by atoms with Crippen LogP contribution in [0.2, 0.25) is 0 Å². The van der Waals surface area contributed by atoms with Gasteiger partial charge in [-0.05, 0) is 37.3 Å². The minimum absolute atomic E-state index is 0.0736.